The lowest BCUT2D eigenvalue weighted by atomic mass is 10.1. The van der Waals surface area contributed by atoms with Gasteiger partial charge in [-0.25, -0.2) is 0 Å². The van der Waals surface area contributed by atoms with Crippen molar-refractivity contribution in [3.05, 3.63) is 59.7 Å². The lowest BCUT2D eigenvalue weighted by molar-refractivity contribution is -0.137. The number of halogens is 3. The highest BCUT2D eigenvalue weighted by atomic mass is 19.4. The maximum Gasteiger partial charge on any atom is 0.416 e. The third kappa shape index (κ3) is 5.25. The number of para-hydroxylation sites is 1. The number of piperazine rings is 1. The molecule has 1 amide bonds. The van der Waals surface area contributed by atoms with E-state index in [1.54, 1.807) is 6.07 Å². The van der Waals surface area contributed by atoms with Crippen LogP contribution in [-0.4, -0.2) is 43.5 Å². The van der Waals surface area contributed by atoms with Gasteiger partial charge in [0.2, 0.25) is 5.91 Å². The fraction of sp³-hybridized carbons (Fsp3) is 0.381. The molecule has 4 nitrogen and oxygen atoms in total. The summed E-state index contributed by atoms with van der Waals surface area (Å²) in [6, 6.07) is 13.3. The van der Waals surface area contributed by atoms with E-state index in [0.717, 1.165) is 43.4 Å². The second-order valence-corrected chi connectivity index (χ2v) is 6.97. The summed E-state index contributed by atoms with van der Waals surface area (Å²) >= 11 is 0. The van der Waals surface area contributed by atoms with Gasteiger partial charge in [0, 0.05) is 51.0 Å². The molecule has 1 aliphatic heterocycles. The first-order valence-electron chi connectivity index (χ1n) is 9.33. The second-order valence-electron chi connectivity index (χ2n) is 6.97. The summed E-state index contributed by atoms with van der Waals surface area (Å²) in [6.45, 7) is 5.29. The van der Waals surface area contributed by atoms with Gasteiger partial charge in [-0.05, 0) is 36.2 Å². The van der Waals surface area contributed by atoms with E-state index in [2.05, 4.69) is 10.2 Å². The number of amides is 1. The van der Waals surface area contributed by atoms with E-state index in [0.29, 0.717) is 18.8 Å². The van der Waals surface area contributed by atoms with E-state index < -0.39 is 11.7 Å². The molecule has 7 heteroatoms. The molecule has 2 aromatic rings. The number of benzene rings is 2. The number of hydrogen-bond donors (Lipinski definition) is 1. The highest BCUT2D eigenvalue weighted by molar-refractivity contribution is 5.89. The Morgan fingerprint density at radius 3 is 2.43 bits per heavy atom. The van der Waals surface area contributed by atoms with Crippen molar-refractivity contribution in [1.29, 1.82) is 0 Å². The molecule has 1 saturated heterocycles. The molecule has 3 rings (SSSR count). The zero-order valence-corrected chi connectivity index (χ0v) is 15.8. The number of carbonyl (C=O) groups is 1. The van der Waals surface area contributed by atoms with Crippen molar-refractivity contribution in [2.75, 3.05) is 42.9 Å². The van der Waals surface area contributed by atoms with Crippen LogP contribution in [0.15, 0.2) is 48.5 Å². The van der Waals surface area contributed by atoms with Crippen LogP contribution in [0.25, 0.3) is 0 Å². The molecule has 0 aromatic heterocycles. The van der Waals surface area contributed by atoms with Crippen LogP contribution < -0.4 is 10.2 Å². The van der Waals surface area contributed by atoms with Gasteiger partial charge in [-0.2, -0.15) is 13.2 Å². The third-order valence-corrected chi connectivity index (χ3v) is 4.94. The van der Waals surface area contributed by atoms with Crippen LogP contribution >= 0.6 is 0 Å². The highest BCUT2D eigenvalue weighted by Gasteiger charge is 2.31. The Labute approximate surface area is 162 Å². The van der Waals surface area contributed by atoms with E-state index >= 15 is 0 Å². The number of carbonyl (C=O) groups excluding carboxylic acids is 1. The Morgan fingerprint density at radius 2 is 1.75 bits per heavy atom. The van der Waals surface area contributed by atoms with Crippen LogP contribution in [0.1, 0.15) is 18.1 Å². The van der Waals surface area contributed by atoms with Crippen molar-refractivity contribution in [3.63, 3.8) is 0 Å². The topological polar surface area (TPSA) is 35.6 Å². The van der Waals surface area contributed by atoms with Crippen LogP contribution in [0.4, 0.5) is 24.5 Å². The van der Waals surface area contributed by atoms with E-state index in [1.165, 1.54) is 19.1 Å². The van der Waals surface area contributed by atoms with Crippen LogP contribution in [-0.2, 0) is 17.4 Å². The fourth-order valence-electron chi connectivity index (χ4n) is 3.44. The van der Waals surface area contributed by atoms with Crippen LogP contribution in [0, 0.1) is 0 Å². The molecule has 0 bridgehead atoms. The summed E-state index contributed by atoms with van der Waals surface area (Å²) < 4.78 is 38.8. The molecule has 28 heavy (non-hydrogen) atoms. The maximum atomic E-state index is 12.9. The molecule has 0 radical (unpaired) electrons. The lowest BCUT2D eigenvalue weighted by Crippen LogP contribution is -2.47. The summed E-state index contributed by atoms with van der Waals surface area (Å²) in [4.78, 5) is 15.6. The van der Waals surface area contributed by atoms with Crippen molar-refractivity contribution < 1.29 is 18.0 Å². The number of alkyl halides is 3. The smallest absolute Gasteiger partial charge is 0.369 e. The number of nitrogens with zero attached hydrogens (tertiary/aromatic N) is 2. The number of anilines is 2. The Balaban J connectivity index is 1.55. The van der Waals surface area contributed by atoms with Gasteiger partial charge in [-0.3, -0.25) is 9.69 Å². The Kier molecular flexibility index (Phi) is 6.24. The van der Waals surface area contributed by atoms with E-state index in [4.69, 9.17) is 0 Å². The SMILES string of the molecule is CC(=O)Nc1ccccc1CCN1CCN(c2cccc(C(F)(F)F)c2)CC1. The highest BCUT2D eigenvalue weighted by Crippen LogP contribution is 2.31. The van der Waals surface area contributed by atoms with Gasteiger partial charge >= 0.3 is 6.18 Å². The Bertz CT molecular complexity index is 815. The van der Waals surface area contributed by atoms with Crippen molar-refractivity contribution in [2.45, 2.75) is 19.5 Å². The molecule has 0 aliphatic carbocycles. The molecule has 0 unspecified atom stereocenters. The quantitative estimate of drug-likeness (QED) is 0.836. The zero-order valence-electron chi connectivity index (χ0n) is 15.8. The molecule has 0 saturated carbocycles. The van der Waals surface area contributed by atoms with Gasteiger partial charge in [0.15, 0.2) is 0 Å². The number of hydrogen-bond acceptors (Lipinski definition) is 3. The molecule has 150 valence electrons. The minimum atomic E-state index is -4.32. The minimum absolute atomic E-state index is 0.0952. The van der Waals surface area contributed by atoms with Crippen molar-refractivity contribution >= 4 is 17.3 Å². The largest absolute Gasteiger partial charge is 0.416 e. The molecular formula is C21H24F3N3O. The first kappa shape index (κ1) is 20.2. The summed E-state index contributed by atoms with van der Waals surface area (Å²) in [5, 5.41) is 2.85. The molecule has 0 atom stereocenters. The number of nitrogens with one attached hydrogen (secondary N) is 1. The van der Waals surface area contributed by atoms with Gasteiger partial charge in [0.25, 0.3) is 0 Å². The molecule has 0 spiro atoms. The number of rotatable bonds is 5. The first-order chi connectivity index (χ1) is 13.3. The normalized spacial score (nSPS) is 15.5. The van der Waals surface area contributed by atoms with Crippen molar-refractivity contribution in [1.82, 2.24) is 4.90 Å². The Hall–Kier alpha value is -2.54. The summed E-state index contributed by atoms with van der Waals surface area (Å²) in [5.41, 5.74) is 1.92. The van der Waals surface area contributed by atoms with Gasteiger partial charge < -0.3 is 10.2 Å². The molecule has 1 fully saturated rings. The maximum absolute atomic E-state index is 12.9. The molecule has 1 heterocycles. The predicted molar refractivity (Wildman–Crippen MR) is 105 cm³/mol. The van der Waals surface area contributed by atoms with E-state index in [-0.39, 0.29) is 5.91 Å². The predicted octanol–water partition coefficient (Wildman–Crippen LogP) is 4.03. The van der Waals surface area contributed by atoms with Crippen LogP contribution in [0.3, 0.4) is 0 Å². The average molecular weight is 391 g/mol. The average Bonchev–Trinajstić information content (AvgIpc) is 2.67. The zero-order chi connectivity index (χ0) is 20.1. The van der Waals surface area contributed by atoms with Gasteiger partial charge in [0.05, 0.1) is 5.56 Å². The van der Waals surface area contributed by atoms with Crippen LogP contribution in [0.2, 0.25) is 0 Å². The van der Waals surface area contributed by atoms with E-state index in [1.807, 2.05) is 29.2 Å². The van der Waals surface area contributed by atoms with Crippen molar-refractivity contribution in [2.24, 2.45) is 0 Å². The molecule has 1 aliphatic rings. The molecular weight excluding hydrogens is 367 g/mol. The third-order valence-electron chi connectivity index (χ3n) is 4.94. The lowest BCUT2D eigenvalue weighted by Gasteiger charge is -2.36. The standard InChI is InChI=1S/C21H24F3N3O/c1-16(28)25-20-8-3-2-5-17(20)9-10-26-11-13-27(14-12-26)19-7-4-6-18(15-19)21(22,23)24/h2-8,15H,9-14H2,1H3,(H,25,28). The van der Waals surface area contributed by atoms with Gasteiger partial charge in [-0.1, -0.05) is 24.3 Å². The summed E-state index contributed by atoms with van der Waals surface area (Å²) in [7, 11) is 0. The van der Waals surface area contributed by atoms with Crippen LogP contribution in [0.5, 0.6) is 0 Å². The first-order valence-corrected chi connectivity index (χ1v) is 9.33. The summed E-state index contributed by atoms with van der Waals surface area (Å²) in [6.07, 6.45) is -3.51. The Morgan fingerprint density at radius 1 is 1.04 bits per heavy atom. The fourth-order valence-corrected chi connectivity index (χ4v) is 3.44. The summed E-state index contributed by atoms with van der Waals surface area (Å²) in [5.74, 6) is -0.0952. The second kappa shape index (κ2) is 8.65. The monoisotopic (exact) mass is 391 g/mol. The molecule has 2 aromatic carbocycles. The minimum Gasteiger partial charge on any atom is -0.369 e. The molecule has 1 N–H and O–H groups in total. The van der Waals surface area contributed by atoms with Gasteiger partial charge in [0.1, 0.15) is 0 Å². The van der Waals surface area contributed by atoms with Crippen molar-refractivity contribution in [3.8, 4) is 0 Å². The van der Waals surface area contributed by atoms with E-state index in [9.17, 15) is 18.0 Å². The van der Waals surface area contributed by atoms with Gasteiger partial charge in [-0.15, -0.1) is 0 Å².